The van der Waals surface area contributed by atoms with E-state index in [1.807, 2.05) is 13.0 Å². The van der Waals surface area contributed by atoms with Gasteiger partial charge < -0.3 is 4.74 Å². The highest BCUT2D eigenvalue weighted by Crippen LogP contribution is 1.89. The van der Waals surface area contributed by atoms with Gasteiger partial charge in [-0.2, -0.15) is 0 Å². The van der Waals surface area contributed by atoms with Gasteiger partial charge in [-0.15, -0.1) is 0 Å². The minimum Gasteiger partial charge on any atom is -0.458 e. The van der Waals surface area contributed by atoms with E-state index >= 15 is 0 Å². The molecule has 0 atom stereocenters. The summed E-state index contributed by atoms with van der Waals surface area (Å²) in [5, 5.41) is 0.653. The van der Waals surface area contributed by atoms with E-state index in [9.17, 15) is 0 Å². The smallest absolute Gasteiger partial charge is 0.166 e. The first-order valence-electron chi connectivity index (χ1n) is 3.15. The molecule has 0 radical (unpaired) electrons. The van der Waals surface area contributed by atoms with Crippen molar-refractivity contribution in [2.75, 3.05) is 0 Å². The normalized spacial score (nSPS) is 10.0. The highest BCUT2D eigenvalue weighted by molar-refractivity contribution is 7.80. The Balaban J connectivity index is 3.26. The molecule has 0 amide bonds. The summed E-state index contributed by atoms with van der Waals surface area (Å²) >= 11 is 4.80. The maximum atomic E-state index is 4.98. The summed E-state index contributed by atoms with van der Waals surface area (Å²) in [6, 6.07) is 0. The molecule has 52 valence electrons. The number of rotatable bonds is 3. The standard InChI is InChI=1S/C7H12OS/c1-3-5-6-8-7(9)4-2/h5-6H,3-4H2,1-2H3. The van der Waals surface area contributed by atoms with Crippen LogP contribution in [0.4, 0.5) is 0 Å². The fourth-order valence-corrected chi connectivity index (χ4v) is 0.359. The van der Waals surface area contributed by atoms with Crippen molar-refractivity contribution < 1.29 is 4.74 Å². The Bertz CT molecular complexity index is 107. The van der Waals surface area contributed by atoms with Crippen molar-refractivity contribution in [2.24, 2.45) is 0 Å². The number of allylic oxidation sites excluding steroid dienone is 1. The minimum absolute atomic E-state index is 0.653. The van der Waals surface area contributed by atoms with Gasteiger partial charge in [0.25, 0.3) is 0 Å². The molecule has 1 nitrogen and oxygen atoms in total. The van der Waals surface area contributed by atoms with Crippen molar-refractivity contribution in [1.29, 1.82) is 0 Å². The van der Waals surface area contributed by atoms with Crippen LogP contribution < -0.4 is 0 Å². The Kier molecular flexibility index (Phi) is 5.52. The topological polar surface area (TPSA) is 9.23 Å². The van der Waals surface area contributed by atoms with Gasteiger partial charge in [-0.05, 0) is 24.7 Å². The van der Waals surface area contributed by atoms with Crippen molar-refractivity contribution in [3.8, 4) is 0 Å². The van der Waals surface area contributed by atoms with E-state index in [0.717, 1.165) is 12.8 Å². The second kappa shape index (κ2) is 5.76. The Morgan fingerprint density at radius 1 is 1.56 bits per heavy atom. The van der Waals surface area contributed by atoms with E-state index < -0.39 is 0 Å². The van der Waals surface area contributed by atoms with Crippen molar-refractivity contribution in [3.05, 3.63) is 12.3 Å². The second-order valence-electron chi connectivity index (χ2n) is 1.62. The lowest BCUT2D eigenvalue weighted by molar-refractivity contribution is 0.471. The third-order valence-electron chi connectivity index (χ3n) is 0.820. The van der Waals surface area contributed by atoms with Crippen molar-refractivity contribution in [2.45, 2.75) is 26.7 Å². The van der Waals surface area contributed by atoms with Gasteiger partial charge in [-0.1, -0.05) is 13.8 Å². The summed E-state index contributed by atoms with van der Waals surface area (Å²) in [6.45, 7) is 4.02. The predicted molar refractivity (Wildman–Crippen MR) is 43.4 cm³/mol. The van der Waals surface area contributed by atoms with Crippen molar-refractivity contribution in [3.63, 3.8) is 0 Å². The molecule has 0 rings (SSSR count). The summed E-state index contributed by atoms with van der Waals surface area (Å²) in [6.07, 6.45) is 5.38. The van der Waals surface area contributed by atoms with Crippen LogP contribution in [0.3, 0.4) is 0 Å². The fraction of sp³-hybridized carbons (Fsp3) is 0.571. The van der Waals surface area contributed by atoms with Crippen LogP contribution >= 0.6 is 12.2 Å². The third kappa shape index (κ3) is 5.50. The summed E-state index contributed by atoms with van der Waals surface area (Å²) in [5.74, 6) is 0. The maximum absolute atomic E-state index is 4.98. The van der Waals surface area contributed by atoms with Gasteiger partial charge in [0, 0.05) is 6.42 Å². The molecule has 0 aromatic rings. The molecule has 0 aromatic carbocycles. The molecule has 0 unspecified atom stereocenters. The Morgan fingerprint density at radius 2 is 2.22 bits per heavy atom. The van der Waals surface area contributed by atoms with Crippen LogP contribution in [0, 0.1) is 0 Å². The van der Waals surface area contributed by atoms with E-state index in [2.05, 4.69) is 6.92 Å². The highest BCUT2D eigenvalue weighted by atomic mass is 32.1. The summed E-state index contributed by atoms with van der Waals surface area (Å²) in [5.41, 5.74) is 0. The first-order chi connectivity index (χ1) is 4.31. The van der Waals surface area contributed by atoms with E-state index in [0.29, 0.717) is 5.05 Å². The lowest BCUT2D eigenvalue weighted by Crippen LogP contribution is -1.91. The molecule has 0 aliphatic carbocycles. The first kappa shape index (κ1) is 8.63. The summed E-state index contributed by atoms with van der Waals surface area (Å²) in [7, 11) is 0. The van der Waals surface area contributed by atoms with Crippen LogP contribution in [-0.2, 0) is 4.74 Å². The van der Waals surface area contributed by atoms with Crippen molar-refractivity contribution >= 4 is 17.3 Å². The quantitative estimate of drug-likeness (QED) is 0.445. The average molecular weight is 144 g/mol. The summed E-state index contributed by atoms with van der Waals surface area (Å²) in [4.78, 5) is 0. The zero-order valence-electron chi connectivity index (χ0n) is 5.89. The Morgan fingerprint density at radius 3 is 2.67 bits per heavy atom. The van der Waals surface area contributed by atoms with Crippen LogP contribution in [0.1, 0.15) is 26.7 Å². The fourth-order valence-electron chi connectivity index (χ4n) is 0.304. The molecule has 0 bridgehead atoms. The molecule has 9 heavy (non-hydrogen) atoms. The molecule has 0 saturated carbocycles. The van der Waals surface area contributed by atoms with Crippen molar-refractivity contribution in [1.82, 2.24) is 0 Å². The zero-order chi connectivity index (χ0) is 7.11. The molecule has 0 spiro atoms. The molecule has 0 saturated heterocycles. The van der Waals surface area contributed by atoms with Crippen LogP contribution in [0.5, 0.6) is 0 Å². The first-order valence-corrected chi connectivity index (χ1v) is 3.56. The SMILES string of the molecule is CCC=COC(=S)CC. The zero-order valence-corrected chi connectivity index (χ0v) is 6.70. The van der Waals surface area contributed by atoms with Crippen LogP contribution in [0.2, 0.25) is 0 Å². The average Bonchev–Trinajstić information content (AvgIpc) is 1.89. The van der Waals surface area contributed by atoms with E-state index in [4.69, 9.17) is 17.0 Å². The molecule has 2 heteroatoms. The van der Waals surface area contributed by atoms with Gasteiger partial charge in [0.05, 0.1) is 6.26 Å². The summed E-state index contributed by atoms with van der Waals surface area (Å²) < 4.78 is 4.98. The molecular weight excluding hydrogens is 132 g/mol. The monoisotopic (exact) mass is 144 g/mol. The van der Waals surface area contributed by atoms with Gasteiger partial charge >= 0.3 is 0 Å². The van der Waals surface area contributed by atoms with Gasteiger partial charge in [0.2, 0.25) is 0 Å². The molecule has 0 aromatic heterocycles. The molecule has 0 aliphatic heterocycles. The van der Waals surface area contributed by atoms with Gasteiger partial charge in [0.1, 0.15) is 0 Å². The molecule has 0 fully saturated rings. The van der Waals surface area contributed by atoms with E-state index in [1.165, 1.54) is 0 Å². The van der Waals surface area contributed by atoms with Gasteiger partial charge in [0.15, 0.2) is 5.05 Å². The lowest BCUT2D eigenvalue weighted by atomic mass is 10.5. The number of hydrogen-bond donors (Lipinski definition) is 0. The second-order valence-corrected chi connectivity index (χ2v) is 2.08. The van der Waals surface area contributed by atoms with Crippen LogP contribution in [0.25, 0.3) is 0 Å². The predicted octanol–water partition coefficient (Wildman–Crippen LogP) is 2.66. The number of hydrogen-bond acceptors (Lipinski definition) is 2. The Hall–Kier alpha value is -0.370. The van der Waals surface area contributed by atoms with Crippen LogP contribution in [-0.4, -0.2) is 5.05 Å². The molecule has 0 N–H and O–H groups in total. The van der Waals surface area contributed by atoms with E-state index in [-0.39, 0.29) is 0 Å². The third-order valence-corrected chi connectivity index (χ3v) is 1.20. The molecule has 0 heterocycles. The maximum Gasteiger partial charge on any atom is 0.166 e. The minimum atomic E-state index is 0.653. The highest BCUT2D eigenvalue weighted by Gasteiger charge is 1.85. The molecule has 0 aliphatic rings. The number of ether oxygens (including phenoxy) is 1. The van der Waals surface area contributed by atoms with E-state index in [1.54, 1.807) is 6.26 Å². The van der Waals surface area contributed by atoms with Gasteiger partial charge in [-0.3, -0.25) is 0 Å². The number of thiocarbonyl (C=S) groups is 1. The Labute approximate surface area is 61.7 Å². The molecular formula is C7H12OS. The van der Waals surface area contributed by atoms with Crippen LogP contribution in [0.15, 0.2) is 12.3 Å². The van der Waals surface area contributed by atoms with Gasteiger partial charge in [-0.25, -0.2) is 0 Å². The largest absolute Gasteiger partial charge is 0.458 e. The lowest BCUT2D eigenvalue weighted by Gasteiger charge is -1.95.